The first kappa shape index (κ1) is 31.1. The van der Waals surface area contributed by atoms with Gasteiger partial charge in [0.15, 0.2) is 0 Å². The van der Waals surface area contributed by atoms with Crippen LogP contribution in [0.1, 0.15) is 94.7 Å². The van der Waals surface area contributed by atoms with E-state index in [1.165, 1.54) is 4.90 Å². The lowest BCUT2D eigenvalue weighted by Crippen LogP contribution is -2.47. The van der Waals surface area contributed by atoms with Gasteiger partial charge >= 0.3 is 12.1 Å². The third kappa shape index (κ3) is 6.28. The average Bonchev–Trinajstić information content (AvgIpc) is 3.40. The zero-order chi connectivity index (χ0) is 32.0. The highest BCUT2D eigenvalue weighted by Gasteiger charge is 2.45. The second-order valence-corrected chi connectivity index (χ2v) is 13.9. The van der Waals surface area contributed by atoms with Gasteiger partial charge in [-0.25, -0.2) is 9.59 Å². The Morgan fingerprint density at radius 1 is 0.932 bits per heavy atom. The Balaban J connectivity index is 1.49. The van der Waals surface area contributed by atoms with Crippen molar-refractivity contribution in [3.05, 3.63) is 81.2 Å². The van der Waals surface area contributed by atoms with Gasteiger partial charge < -0.3 is 19.9 Å². The van der Waals surface area contributed by atoms with Gasteiger partial charge in [-0.3, -0.25) is 19.4 Å². The van der Waals surface area contributed by atoms with E-state index in [1.807, 2.05) is 30.3 Å². The summed E-state index contributed by atoms with van der Waals surface area (Å²) in [6, 6.07) is 13.6. The maximum absolute atomic E-state index is 13.9. The Bertz CT molecular complexity index is 1620. The van der Waals surface area contributed by atoms with Crippen LogP contribution in [-0.2, 0) is 22.5 Å². The van der Waals surface area contributed by atoms with Gasteiger partial charge in [-0.05, 0) is 71.2 Å². The molecule has 3 heterocycles. The van der Waals surface area contributed by atoms with Crippen molar-refractivity contribution >= 4 is 40.2 Å². The minimum atomic E-state index is -0.798. The van der Waals surface area contributed by atoms with Crippen LogP contribution >= 0.6 is 11.3 Å². The van der Waals surface area contributed by atoms with Crippen molar-refractivity contribution in [2.45, 2.75) is 71.8 Å². The van der Waals surface area contributed by atoms with E-state index in [1.54, 1.807) is 59.7 Å². The molecule has 0 bridgehead atoms. The van der Waals surface area contributed by atoms with E-state index >= 15 is 0 Å². The second kappa shape index (κ2) is 11.6. The van der Waals surface area contributed by atoms with E-state index in [2.05, 4.69) is 0 Å². The summed E-state index contributed by atoms with van der Waals surface area (Å²) < 4.78 is 17.3. The van der Waals surface area contributed by atoms with E-state index in [0.717, 1.165) is 21.8 Å². The minimum absolute atomic E-state index is 0.162. The van der Waals surface area contributed by atoms with Crippen LogP contribution in [0.4, 0.5) is 9.80 Å². The van der Waals surface area contributed by atoms with E-state index in [9.17, 15) is 19.2 Å². The molecule has 0 spiro atoms. The fourth-order valence-electron chi connectivity index (χ4n) is 5.32. The highest BCUT2D eigenvalue weighted by molar-refractivity contribution is 7.16. The molecule has 1 unspecified atom stereocenters. The third-order valence-electron chi connectivity index (χ3n) is 7.13. The van der Waals surface area contributed by atoms with Crippen molar-refractivity contribution < 1.29 is 33.4 Å². The Morgan fingerprint density at radius 3 is 2.27 bits per heavy atom. The summed E-state index contributed by atoms with van der Waals surface area (Å²) in [7, 11) is 0. The van der Waals surface area contributed by atoms with Crippen molar-refractivity contribution in [3.8, 4) is 5.75 Å². The summed E-state index contributed by atoms with van der Waals surface area (Å²) in [6.45, 7) is 10.9. The van der Waals surface area contributed by atoms with E-state index in [-0.39, 0.29) is 41.4 Å². The molecule has 3 aromatic rings. The maximum Gasteiger partial charge on any atom is 0.410 e. The van der Waals surface area contributed by atoms with Gasteiger partial charge in [0.25, 0.3) is 11.8 Å². The van der Waals surface area contributed by atoms with Crippen molar-refractivity contribution in [3.63, 3.8) is 0 Å². The fraction of sp³-hybridized carbons (Fsp3) is 0.394. The molecule has 10 nitrogen and oxygen atoms in total. The molecule has 2 aromatic carbocycles. The molecular formula is C33H37N3O7S. The van der Waals surface area contributed by atoms with Crippen LogP contribution in [0.2, 0.25) is 0 Å². The molecule has 11 heteroatoms. The number of benzene rings is 2. The molecule has 5 rings (SSSR count). The number of anilines is 1. The molecule has 232 valence electrons. The molecule has 1 aromatic heterocycles. The number of hydrogen-bond donors (Lipinski definition) is 1. The highest BCUT2D eigenvalue weighted by Crippen LogP contribution is 2.44. The Labute approximate surface area is 260 Å². The molecule has 1 atom stereocenters. The predicted molar refractivity (Wildman–Crippen MR) is 166 cm³/mol. The largest absolute Gasteiger partial charge is 0.488 e. The van der Waals surface area contributed by atoms with Crippen molar-refractivity contribution in [2.75, 3.05) is 18.8 Å². The third-order valence-corrected chi connectivity index (χ3v) is 8.29. The van der Waals surface area contributed by atoms with Crippen molar-refractivity contribution in [1.29, 1.82) is 0 Å². The lowest BCUT2D eigenvalue weighted by Gasteiger charge is -2.38. The number of imide groups is 1. The van der Waals surface area contributed by atoms with E-state index in [0.29, 0.717) is 22.6 Å². The zero-order valence-corrected chi connectivity index (χ0v) is 26.6. The molecular weight excluding hydrogens is 582 g/mol. The summed E-state index contributed by atoms with van der Waals surface area (Å²) in [5.74, 6) is -1.28. The molecule has 0 fully saturated rings. The molecule has 0 saturated carbocycles. The quantitative estimate of drug-likeness (QED) is 0.263. The van der Waals surface area contributed by atoms with E-state index < -0.39 is 41.1 Å². The predicted octanol–water partition coefficient (Wildman–Crippen LogP) is 6.00. The van der Waals surface area contributed by atoms with Crippen LogP contribution in [0.15, 0.2) is 48.5 Å². The highest BCUT2D eigenvalue weighted by atomic mass is 32.1. The van der Waals surface area contributed by atoms with Crippen molar-refractivity contribution in [1.82, 2.24) is 9.80 Å². The lowest BCUT2D eigenvalue weighted by atomic mass is 9.97. The number of fused-ring (bicyclic) bond motifs is 2. The number of thiophene rings is 1. The molecule has 44 heavy (non-hydrogen) atoms. The van der Waals surface area contributed by atoms with Crippen LogP contribution in [0.25, 0.3) is 0 Å². The number of carbonyl (C=O) groups excluding carboxylic acids is 4. The number of esters is 1. The number of nitrogens with two attached hydrogens (primary N) is 1. The van der Waals surface area contributed by atoms with Gasteiger partial charge in [0.1, 0.15) is 28.6 Å². The summed E-state index contributed by atoms with van der Waals surface area (Å²) in [5.41, 5.74) is 7.08. The van der Waals surface area contributed by atoms with Gasteiger partial charge in [-0.1, -0.05) is 36.4 Å². The number of nitrogens with zero attached hydrogens (tertiary/aromatic N) is 2. The molecule has 0 aliphatic carbocycles. The summed E-state index contributed by atoms with van der Waals surface area (Å²) >= 11 is 1.15. The van der Waals surface area contributed by atoms with Gasteiger partial charge in [-0.15, -0.1) is 11.3 Å². The molecule has 2 aliphatic rings. The molecule has 2 aliphatic heterocycles. The van der Waals surface area contributed by atoms with Crippen LogP contribution < -0.4 is 10.5 Å². The normalized spacial score (nSPS) is 16.5. The first-order chi connectivity index (χ1) is 20.6. The summed E-state index contributed by atoms with van der Waals surface area (Å²) in [6.07, 6.45) is -0.269. The monoisotopic (exact) mass is 619 g/mol. The van der Waals surface area contributed by atoms with Crippen LogP contribution in [-0.4, -0.2) is 58.0 Å². The number of carbonyl (C=O) groups is 4. The molecule has 0 radical (unpaired) electrons. The Kier molecular flexibility index (Phi) is 8.19. The Morgan fingerprint density at radius 2 is 1.61 bits per heavy atom. The second-order valence-electron chi connectivity index (χ2n) is 12.8. The number of hydrogen-bond acceptors (Lipinski definition) is 9. The van der Waals surface area contributed by atoms with Crippen LogP contribution in [0.5, 0.6) is 5.75 Å². The Hall–Kier alpha value is -4.38. The minimum Gasteiger partial charge on any atom is -0.488 e. The average molecular weight is 620 g/mol. The smallest absolute Gasteiger partial charge is 0.410 e. The van der Waals surface area contributed by atoms with Gasteiger partial charge in [0.05, 0.1) is 29.3 Å². The van der Waals surface area contributed by atoms with Gasteiger partial charge in [-0.2, -0.15) is 0 Å². The standard InChI is InChI=1S/C33H37N3O7S/c1-32(2,3)42-30(39)25-20-15-16-35(31(40)43-33(4,5)6)22(26(20)44-27(25)34)17-36-28(37)21-13-10-14-23(24(21)29(36)38)41-18-19-11-8-7-9-12-19/h7-14,22H,15-18,34H2,1-6H3. The molecule has 2 N–H and O–H groups in total. The van der Waals surface area contributed by atoms with Gasteiger partial charge in [0, 0.05) is 11.4 Å². The fourth-order valence-corrected chi connectivity index (χ4v) is 6.53. The van der Waals surface area contributed by atoms with E-state index in [4.69, 9.17) is 19.9 Å². The van der Waals surface area contributed by atoms with Gasteiger partial charge in [0.2, 0.25) is 0 Å². The number of ether oxygens (including phenoxy) is 3. The first-order valence-corrected chi connectivity index (χ1v) is 15.3. The van der Waals surface area contributed by atoms with Crippen LogP contribution in [0.3, 0.4) is 0 Å². The zero-order valence-electron chi connectivity index (χ0n) is 25.8. The number of amides is 3. The number of rotatable bonds is 6. The topological polar surface area (TPSA) is 128 Å². The summed E-state index contributed by atoms with van der Waals surface area (Å²) in [5, 5.41) is 0.249. The number of nitrogen functional groups attached to an aromatic ring is 1. The lowest BCUT2D eigenvalue weighted by molar-refractivity contribution is 0.00660. The first-order valence-electron chi connectivity index (χ1n) is 14.4. The maximum atomic E-state index is 13.9. The van der Waals surface area contributed by atoms with Crippen LogP contribution in [0, 0.1) is 0 Å². The SMILES string of the molecule is CC(C)(C)OC(=O)c1c(N)sc2c1CCN(C(=O)OC(C)(C)C)C2CN1C(=O)c2cccc(OCc3ccccc3)c2C1=O. The summed E-state index contributed by atoms with van der Waals surface area (Å²) in [4.78, 5) is 57.4. The molecule has 3 amide bonds. The van der Waals surface area contributed by atoms with Crippen molar-refractivity contribution in [2.24, 2.45) is 0 Å². The molecule has 0 saturated heterocycles.